The van der Waals surface area contributed by atoms with Crippen LogP contribution < -0.4 is 0 Å². The van der Waals surface area contributed by atoms with Gasteiger partial charge in [0.05, 0.1) is 41.3 Å². The first-order valence-electron chi connectivity index (χ1n) is 7.42. The van der Waals surface area contributed by atoms with E-state index in [0.29, 0.717) is 31.0 Å². The number of aromatic nitrogens is 1. The number of fused-ring (bicyclic) bond motifs is 1. The molecular formula is C17H15N3O2S2. The van der Waals surface area contributed by atoms with Gasteiger partial charge < -0.3 is 9.32 Å². The summed E-state index contributed by atoms with van der Waals surface area (Å²) < 4.78 is 7.30. The fourth-order valence-electron chi connectivity index (χ4n) is 2.20. The Labute approximate surface area is 147 Å². The van der Waals surface area contributed by atoms with Gasteiger partial charge in [-0.2, -0.15) is 5.26 Å². The van der Waals surface area contributed by atoms with Crippen LogP contribution in [-0.4, -0.2) is 28.1 Å². The normalized spacial score (nSPS) is 10.6. The largest absolute Gasteiger partial charge is 0.467 e. The fraction of sp³-hybridized carbons (Fsp3) is 0.235. The molecule has 0 fully saturated rings. The average Bonchev–Trinajstić information content (AvgIpc) is 3.25. The van der Waals surface area contributed by atoms with Gasteiger partial charge in [0.25, 0.3) is 0 Å². The molecule has 122 valence electrons. The Morgan fingerprint density at radius 3 is 2.96 bits per heavy atom. The van der Waals surface area contributed by atoms with Gasteiger partial charge in [-0.1, -0.05) is 23.9 Å². The third-order valence-electron chi connectivity index (χ3n) is 3.37. The predicted octanol–water partition coefficient (Wildman–Crippen LogP) is 3.92. The van der Waals surface area contributed by atoms with E-state index >= 15 is 0 Å². The Morgan fingerprint density at radius 1 is 1.33 bits per heavy atom. The lowest BCUT2D eigenvalue weighted by Gasteiger charge is -2.20. The minimum atomic E-state index is -0.0223. The minimum absolute atomic E-state index is 0.0223. The van der Waals surface area contributed by atoms with Crippen LogP contribution in [0, 0.1) is 11.3 Å². The first kappa shape index (κ1) is 16.6. The van der Waals surface area contributed by atoms with Gasteiger partial charge in [-0.3, -0.25) is 4.79 Å². The quantitative estimate of drug-likeness (QED) is 0.599. The van der Waals surface area contributed by atoms with E-state index in [1.54, 1.807) is 28.6 Å². The van der Waals surface area contributed by atoms with Crippen LogP contribution >= 0.6 is 23.1 Å². The van der Waals surface area contributed by atoms with Crippen molar-refractivity contribution in [2.24, 2.45) is 0 Å². The molecule has 0 aliphatic carbocycles. The van der Waals surface area contributed by atoms with Crippen molar-refractivity contribution in [1.82, 2.24) is 9.88 Å². The second-order valence-electron chi connectivity index (χ2n) is 5.04. The number of hydrogen-bond acceptors (Lipinski definition) is 6. The van der Waals surface area contributed by atoms with Crippen LogP contribution in [0.25, 0.3) is 10.2 Å². The fourth-order valence-corrected chi connectivity index (χ4v) is 4.17. The molecule has 0 saturated carbocycles. The van der Waals surface area contributed by atoms with Crippen molar-refractivity contribution in [2.75, 3.05) is 12.3 Å². The van der Waals surface area contributed by atoms with E-state index in [-0.39, 0.29) is 5.91 Å². The van der Waals surface area contributed by atoms with Gasteiger partial charge in [-0.25, -0.2) is 4.98 Å². The van der Waals surface area contributed by atoms with Crippen LogP contribution in [0.3, 0.4) is 0 Å². The molecule has 0 spiro atoms. The number of benzene rings is 1. The van der Waals surface area contributed by atoms with Gasteiger partial charge >= 0.3 is 0 Å². The summed E-state index contributed by atoms with van der Waals surface area (Å²) in [5.74, 6) is 0.989. The average molecular weight is 357 g/mol. The molecule has 2 aromatic heterocycles. The maximum absolute atomic E-state index is 12.5. The Morgan fingerprint density at radius 2 is 2.21 bits per heavy atom. The number of carbonyl (C=O) groups excluding carboxylic acids is 1. The summed E-state index contributed by atoms with van der Waals surface area (Å²) in [6.07, 6.45) is 1.89. The third kappa shape index (κ3) is 4.16. The maximum Gasteiger partial charge on any atom is 0.233 e. The van der Waals surface area contributed by atoms with Crippen molar-refractivity contribution in [2.45, 2.75) is 17.3 Å². The highest BCUT2D eigenvalue weighted by Gasteiger charge is 2.16. The van der Waals surface area contributed by atoms with Crippen LogP contribution in [0.5, 0.6) is 0 Å². The number of para-hydroxylation sites is 1. The molecule has 0 unspecified atom stereocenters. The molecule has 1 amide bonds. The number of amides is 1. The van der Waals surface area contributed by atoms with Crippen molar-refractivity contribution in [3.63, 3.8) is 0 Å². The Kier molecular flexibility index (Phi) is 5.51. The topological polar surface area (TPSA) is 70.1 Å². The third-order valence-corrected chi connectivity index (χ3v) is 5.53. The highest BCUT2D eigenvalue weighted by molar-refractivity contribution is 8.01. The SMILES string of the molecule is N#CCCN(Cc1ccco1)C(=O)CSc1nc2ccccc2s1. The summed E-state index contributed by atoms with van der Waals surface area (Å²) >= 11 is 3.02. The minimum Gasteiger partial charge on any atom is -0.467 e. The number of rotatable bonds is 7. The van der Waals surface area contributed by atoms with Gasteiger partial charge in [-0.05, 0) is 24.3 Å². The Bertz CT molecular complexity index is 819. The predicted molar refractivity (Wildman–Crippen MR) is 94.7 cm³/mol. The molecule has 0 bridgehead atoms. The molecule has 24 heavy (non-hydrogen) atoms. The van der Waals surface area contributed by atoms with Gasteiger partial charge in [0.1, 0.15) is 5.76 Å². The van der Waals surface area contributed by atoms with Crippen LogP contribution in [0.1, 0.15) is 12.2 Å². The van der Waals surface area contributed by atoms with Crippen molar-refractivity contribution < 1.29 is 9.21 Å². The zero-order valence-electron chi connectivity index (χ0n) is 12.8. The lowest BCUT2D eigenvalue weighted by molar-refractivity contribution is -0.129. The second-order valence-corrected chi connectivity index (χ2v) is 7.29. The maximum atomic E-state index is 12.5. The van der Waals surface area contributed by atoms with E-state index in [1.807, 2.05) is 30.3 Å². The molecule has 7 heteroatoms. The van der Waals surface area contributed by atoms with Crippen LogP contribution in [0.2, 0.25) is 0 Å². The molecule has 0 atom stereocenters. The van der Waals surface area contributed by atoms with E-state index in [4.69, 9.17) is 9.68 Å². The van der Waals surface area contributed by atoms with Crippen LogP contribution in [-0.2, 0) is 11.3 Å². The smallest absolute Gasteiger partial charge is 0.233 e. The summed E-state index contributed by atoms with van der Waals surface area (Å²) in [6.45, 7) is 0.782. The monoisotopic (exact) mass is 357 g/mol. The van der Waals surface area contributed by atoms with Crippen LogP contribution in [0.15, 0.2) is 51.4 Å². The number of thioether (sulfide) groups is 1. The molecule has 5 nitrogen and oxygen atoms in total. The molecular weight excluding hydrogens is 342 g/mol. The molecule has 0 saturated heterocycles. The Hall–Kier alpha value is -2.30. The van der Waals surface area contributed by atoms with E-state index in [1.165, 1.54) is 11.8 Å². The molecule has 1 aromatic carbocycles. The van der Waals surface area contributed by atoms with E-state index in [2.05, 4.69) is 11.1 Å². The first-order valence-corrected chi connectivity index (χ1v) is 9.22. The highest BCUT2D eigenvalue weighted by atomic mass is 32.2. The number of nitrogens with zero attached hydrogens (tertiary/aromatic N) is 3. The first-order chi connectivity index (χ1) is 11.8. The summed E-state index contributed by atoms with van der Waals surface area (Å²) in [6, 6.07) is 13.6. The zero-order chi connectivity index (χ0) is 16.8. The molecule has 3 aromatic rings. The lowest BCUT2D eigenvalue weighted by Crippen LogP contribution is -2.32. The van der Waals surface area contributed by atoms with Gasteiger partial charge in [0, 0.05) is 6.54 Å². The van der Waals surface area contributed by atoms with Crippen molar-refractivity contribution in [1.29, 1.82) is 5.26 Å². The summed E-state index contributed by atoms with van der Waals surface area (Å²) in [5.41, 5.74) is 0.953. The molecule has 3 rings (SSSR count). The summed E-state index contributed by atoms with van der Waals surface area (Å²) in [5, 5.41) is 8.79. The van der Waals surface area contributed by atoms with E-state index in [0.717, 1.165) is 14.6 Å². The number of hydrogen-bond donors (Lipinski definition) is 0. The van der Waals surface area contributed by atoms with E-state index < -0.39 is 0 Å². The molecule has 0 aliphatic rings. The summed E-state index contributed by atoms with van der Waals surface area (Å²) in [4.78, 5) is 18.7. The highest BCUT2D eigenvalue weighted by Crippen LogP contribution is 2.29. The van der Waals surface area contributed by atoms with Crippen molar-refractivity contribution in [3.8, 4) is 6.07 Å². The molecule has 0 N–H and O–H groups in total. The van der Waals surface area contributed by atoms with Gasteiger partial charge in [0.2, 0.25) is 5.91 Å². The number of thiazole rings is 1. The van der Waals surface area contributed by atoms with Crippen LogP contribution in [0.4, 0.5) is 0 Å². The molecule has 2 heterocycles. The zero-order valence-corrected chi connectivity index (χ0v) is 14.5. The second kappa shape index (κ2) is 7.99. The van der Waals surface area contributed by atoms with Crippen molar-refractivity contribution >= 4 is 39.2 Å². The summed E-state index contributed by atoms with van der Waals surface area (Å²) in [7, 11) is 0. The van der Waals surface area contributed by atoms with Crippen molar-refractivity contribution in [3.05, 3.63) is 48.4 Å². The Balaban J connectivity index is 1.62. The van der Waals surface area contributed by atoms with E-state index in [9.17, 15) is 4.79 Å². The number of nitriles is 1. The van der Waals surface area contributed by atoms with Gasteiger partial charge in [0.15, 0.2) is 4.34 Å². The number of furan rings is 1. The standard InChI is InChI=1S/C17H15N3O2S2/c18-8-4-9-20(11-13-5-3-10-22-13)16(21)12-23-17-19-14-6-1-2-7-15(14)24-17/h1-3,5-7,10H,4,9,11-12H2. The lowest BCUT2D eigenvalue weighted by atomic mass is 10.3. The van der Waals surface area contributed by atoms with Gasteiger partial charge in [-0.15, -0.1) is 11.3 Å². The molecule has 0 aliphatic heterocycles. The number of carbonyl (C=O) groups is 1. The molecule has 0 radical (unpaired) electrons.